The number of carbonyl (C=O) groups excluding carboxylic acids is 1. The first kappa shape index (κ1) is 32.0. The van der Waals surface area contributed by atoms with E-state index in [9.17, 15) is 32.5 Å². The molecule has 43 heavy (non-hydrogen) atoms. The van der Waals surface area contributed by atoms with E-state index in [0.29, 0.717) is 29.4 Å². The molecule has 1 atom stereocenters. The van der Waals surface area contributed by atoms with Gasteiger partial charge in [-0.15, -0.1) is 0 Å². The van der Waals surface area contributed by atoms with Crippen LogP contribution in [-0.4, -0.2) is 39.1 Å². The van der Waals surface area contributed by atoms with Crippen LogP contribution in [0.1, 0.15) is 5.56 Å². The molecule has 1 amide bonds. The minimum Gasteiger partial charge on any atom is -0.475 e. The molecule has 3 aromatic carbocycles. The molecular formula is C28H22F4N4O7. The van der Waals surface area contributed by atoms with Gasteiger partial charge < -0.3 is 25.6 Å². The van der Waals surface area contributed by atoms with Gasteiger partial charge in [-0.1, -0.05) is 18.2 Å². The maximum atomic E-state index is 13.3. The van der Waals surface area contributed by atoms with Crippen LogP contribution in [-0.2, 0) is 16.0 Å². The summed E-state index contributed by atoms with van der Waals surface area (Å²) in [5.74, 6) is -1.74. The summed E-state index contributed by atoms with van der Waals surface area (Å²) >= 11 is 0. The van der Waals surface area contributed by atoms with Gasteiger partial charge in [0.25, 0.3) is 5.69 Å². The van der Waals surface area contributed by atoms with Crippen LogP contribution in [0, 0.1) is 15.9 Å². The van der Waals surface area contributed by atoms with Crippen molar-refractivity contribution in [2.45, 2.75) is 18.6 Å². The number of nitrogens with two attached hydrogens (primary N) is 1. The van der Waals surface area contributed by atoms with E-state index < -0.39 is 34.8 Å². The van der Waals surface area contributed by atoms with E-state index in [-0.39, 0.29) is 11.6 Å². The minimum absolute atomic E-state index is 0.119. The van der Waals surface area contributed by atoms with E-state index in [2.05, 4.69) is 10.3 Å². The van der Waals surface area contributed by atoms with Gasteiger partial charge in [0.2, 0.25) is 11.8 Å². The highest BCUT2D eigenvalue weighted by molar-refractivity contribution is 5.94. The van der Waals surface area contributed by atoms with Crippen LogP contribution in [0.3, 0.4) is 0 Å². The van der Waals surface area contributed by atoms with Gasteiger partial charge in [-0.3, -0.25) is 14.9 Å². The van der Waals surface area contributed by atoms with Crippen molar-refractivity contribution in [1.29, 1.82) is 0 Å². The van der Waals surface area contributed by atoms with Gasteiger partial charge in [-0.2, -0.15) is 13.2 Å². The Labute approximate surface area is 240 Å². The van der Waals surface area contributed by atoms with Crippen molar-refractivity contribution in [3.63, 3.8) is 0 Å². The van der Waals surface area contributed by atoms with E-state index >= 15 is 0 Å². The summed E-state index contributed by atoms with van der Waals surface area (Å²) < 4.78 is 56.4. The van der Waals surface area contributed by atoms with Crippen LogP contribution >= 0.6 is 0 Å². The average molecular weight is 602 g/mol. The molecule has 0 unspecified atom stereocenters. The van der Waals surface area contributed by atoms with Gasteiger partial charge in [0.1, 0.15) is 29.3 Å². The monoisotopic (exact) mass is 602 g/mol. The van der Waals surface area contributed by atoms with Crippen LogP contribution in [0.25, 0.3) is 0 Å². The molecular weight excluding hydrogens is 580 g/mol. The molecule has 0 fully saturated rings. The Morgan fingerprint density at radius 2 is 1.51 bits per heavy atom. The first-order valence-electron chi connectivity index (χ1n) is 12.1. The molecule has 224 valence electrons. The molecule has 4 N–H and O–H groups in total. The topological polar surface area (TPSA) is 167 Å². The molecule has 0 aliphatic carbocycles. The highest BCUT2D eigenvalue weighted by Gasteiger charge is 2.38. The zero-order valence-corrected chi connectivity index (χ0v) is 21.8. The summed E-state index contributed by atoms with van der Waals surface area (Å²) in [6.07, 6.45) is -3.66. The standard InChI is InChI=1S/C26H21FN4O5.C2HF3O2/c27-18-2-1-3-19(15-18)30-26(32)24(28)14-17-4-7-21(8-5-17)35-22-9-11-23(12-10-22)36-25-13-6-20(16-29-25)31(33)34;3-2(4,5)1(6)7/h1-13,15-16,24H,14,28H2,(H,30,32);(H,6,7)/t24-;/m0./s1. The normalized spacial score (nSPS) is 11.4. The largest absolute Gasteiger partial charge is 0.490 e. The predicted molar refractivity (Wildman–Crippen MR) is 144 cm³/mol. The molecule has 0 saturated heterocycles. The van der Waals surface area contributed by atoms with E-state index in [1.165, 1.54) is 30.3 Å². The van der Waals surface area contributed by atoms with E-state index in [4.69, 9.17) is 25.1 Å². The third kappa shape index (κ3) is 10.4. The number of ether oxygens (including phenoxy) is 2. The second-order valence-electron chi connectivity index (χ2n) is 8.54. The average Bonchev–Trinajstić information content (AvgIpc) is 2.95. The predicted octanol–water partition coefficient (Wildman–Crippen LogP) is 5.86. The van der Waals surface area contributed by atoms with Crippen molar-refractivity contribution in [2.24, 2.45) is 5.73 Å². The van der Waals surface area contributed by atoms with Crippen molar-refractivity contribution in [1.82, 2.24) is 4.98 Å². The van der Waals surface area contributed by atoms with Crippen LogP contribution in [0.15, 0.2) is 91.1 Å². The zero-order valence-electron chi connectivity index (χ0n) is 21.8. The molecule has 1 aromatic heterocycles. The lowest BCUT2D eigenvalue weighted by Gasteiger charge is -2.13. The number of amides is 1. The Bertz CT molecular complexity index is 1550. The number of hydrogen-bond acceptors (Lipinski definition) is 8. The number of rotatable bonds is 9. The lowest BCUT2D eigenvalue weighted by molar-refractivity contribution is -0.385. The molecule has 0 spiro atoms. The molecule has 0 bridgehead atoms. The number of halogens is 4. The van der Waals surface area contributed by atoms with Crippen molar-refractivity contribution < 1.29 is 46.7 Å². The SMILES string of the molecule is N[C@@H](Cc1ccc(Oc2ccc(Oc3ccc([N+](=O)[O-])cn3)cc2)cc1)C(=O)Nc1cccc(F)c1.O=C(O)C(F)(F)F. The lowest BCUT2D eigenvalue weighted by Crippen LogP contribution is -2.37. The van der Waals surface area contributed by atoms with Gasteiger partial charge >= 0.3 is 12.1 Å². The van der Waals surface area contributed by atoms with E-state index in [1.807, 2.05) is 12.1 Å². The van der Waals surface area contributed by atoms with E-state index in [0.717, 1.165) is 11.8 Å². The van der Waals surface area contributed by atoms with Gasteiger partial charge in [0.05, 0.1) is 11.0 Å². The smallest absolute Gasteiger partial charge is 0.475 e. The summed E-state index contributed by atoms with van der Waals surface area (Å²) in [6.45, 7) is 0. The zero-order chi connectivity index (χ0) is 31.6. The first-order chi connectivity index (χ1) is 20.3. The number of nitrogens with one attached hydrogen (secondary N) is 1. The summed E-state index contributed by atoms with van der Waals surface area (Å²) in [5, 5.41) is 20.4. The number of nitro groups is 1. The van der Waals surface area contributed by atoms with Crippen molar-refractivity contribution in [3.05, 3.63) is 113 Å². The number of anilines is 1. The lowest BCUT2D eigenvalue weighted by atomic mass is 10.1. The first-order valence-corrected chi connectivity index (χ1v) is 12.1. The molecule has 0 radical (unpaired) electrons. The van der Waals surface area contributed by atoms with Gasteiger partial charge in [-0.25, -0.2) is 14.2 Å². The number of aliphatic carboxylic acids is 1. The number of hydrogen-bond donors (Lipinski definition) is 3. The van der Waals surface area contributed by atoms with Crippen molar-refractivity contribution in [2.75, 3.05) is 5.32 Å². The number of alkyl halides is 3. The molecule has 0 saturated carbocycles. The Balaban J connectivity index is 0.000000646. The second kappa shape index (κ2) is 14.4. The molecule has 11 nitrogen and oxygen atoms in total. The van der Waals surface area contributed by atoms with Crippen LogP contribution in [0.4, 0.5) is 28.9 Å². The Morgan fingerprint density at radius 1 is 0.953 bits per heavy atom. The number of nitrogens with zero attached hydrogens (tertiary/aromatic N) is 2. The summed E-state index contributed by atoms with van der Waals surface area (Å²) in [4.78, 5) is 35.3. The Hall–Kier alpha value is -5.57. The molecule has 1 heterocycles. The number of carboxylic acid groups (broad SMARTS) is 1. The number of carbonyl (C=O) groups is 2. The molecule has 4 rings (SSSR count). The fourth-order valence-corrected chi connectivity index (χ4v) is 3.21. The fourth-order valence-electron chi connectivity index (χ4n) is 3.21. The van der Waals surface area contributed by atoms with Crippen LogP contribution < -0.4 is 20.5 Å². The Kier molecular flexibility index (Phi) is 10.7. The highest BCUT2D eigenvalue weighted by atomic mass is 19.4. The van der Waals surface area contributed by atoms with Gasteiger partial charge in [0.15, 0.2) is 0 Å². The van der Waals surface area contributed by atoms with Gasteiger partial charge in [0, 0.05) is 17.8 Å². The van der Waals surface area contributed by atoms with Crippen LogP contribution in [0.5, 0.6) is 23.1 Å². The molecule has 0 aliphatic rings. The molecule has 15 heteroatoms. The fraction of sp³-hybridized carbons (Fsp3) is 0.107. The quantitative estimate of drug-likeness (QED) is 0.121. The van der Waals surface area contributed by atoms with Gasteiger partial charge in [-0.05, 0) is 66.6 Å². The number of pyridine rings is 1. The summed E-state index contributed by atoms with van der Waals surface area (Å²) in [6, 6.07) is 21.5. The van der Waals surface area contributed by atoms with E-state index in [1.54, 1.807) is 42.5 Å². The number of carboxylic acids is 1. The maximum Gasteiger partial charge on any atom is 0.490 e. The molecule has 4 aromatic rings. The summed E-state index contributed by atoms with van der Waals surface area (Å²) in [7, 11) is 0. The van der Waals surface area contributed by atoms with Crippen LogP contribution in [0.2, 0.25) is 0 Å². The van der Waals surface area contributed by atoms with Crippen molar-refractivity contribution in [3.8, 4) is 23.1 Å². The third-order valence-corrected chi connectivity index (χ3v) is 5.26. The second-order valence-corrected chi connectivity index (χ2v) is 8.54. The number of benzene rings is 3. The maximum absolute atomic E-state index is 13.3. The highest BCUT2D eigenvalue weighted by Crippen LogP contribution is 2.27. The molecule has 0 aliphatic heterocycles. The minimum atomic E-state index is -5.08. The Morgan fingerprint density at radius 3 is 2.00 bits per heavy atom. The third-order valence-electron chi connectivity index (χ3n) is 5.26. The number of aromatic nitrogens is 1. The van der Waals surface area contributed by atoms with Crippen molar-refractivity contribution >= 4 is 23.3 Å². The summed E-state index contributed by atoms with van der Waals surface area (Å²) in [5.41, 5.74) is 7.07.